The lowest BCUT2D eigenvalue weighted by molar-refractivity contribution is 0.101. The van der Waals surface area contributed by atoms with Crippen LogP contribution in [0.4, 0.5) is 0 Å². The first-order chi connectivity index (χ1) is 7.25. The topological polar surface area (TPSA) is 47.8 Å². The summed E-state index contributed by atoms with van der Waals surface area (Å²) < 4.78 is 1.93. The van der Waals surface area contributed by atoms with Gasteiger partial charge in [-0.05, 0) is 38.0 Å². The fourth-order valence-electron chi connectivity index (χ4n) is 1.74. The minimum Gasteiger partial charge on any atom is -0.295 e. The van der Waals surface area contributed by atoms with Gasteiger partial charge in [0.15, 0.2) is 5.78 Å². The third-order valence-electron chi connectivity index (χ3n) is 2.77. The maximum Gasteiger partial charge on any atom is 0.159 e. The summed E-state index contributed by atoms with van der Waals surface area (Å²) in [5.74, 6) is 0.0837. The first kappa shape index (κ1) is 8.59. The van der Waals surface area contributed by atoms with Gasteiger partial charge in [0, 0.05) is 5.56 Å². The molecule has 15 heavy (non-hydrogen) atoms. The zero-order valence-corrected chi connectivity index (χ0v) is 8.47. The molecule has 1 aliphatic rings. The van der Waals surface area contributed by atoms with E-state index in [1.807, 2.05) is 16.8 Å². The van der Waals surface area contributed by atoms with Gasteiger partial charge in [0.1, 0.15) is 5.52 Å². The maximum atomic E-state index is 11.3. The Balaban J connectivity index is 2.21. The molecule has 0 aliphatic heterocycles. The summed E-state index contributed by atoms with van der Waals surface area (Å²) in [7, 11) is 0. The molecule has 0 N–H and O–H groups in total. The highest BCUT2D eigenvalue weighted by Gasteiger charge is 2.26. The van der Waals surface area contributed by atoms with Crippen molar-refractivity contribution in [1.82, 2.24) is 15.0 Å². The summed E-state index contributed by atoms with van der Waals surface area (Å²) >= 11 is 0. The molecule has 0 atom stereocenters. The van der Waals surface area contributed by atoms with Crippen molar-refractivity contribution in [3.8, 4) is 0 Å². The fraction of sp³-hybridized carbons (Fsp3) is 0.364. The number of hydrogen-bond acceptors (Lipinski definition) is 3. The summed E-state index contributed by atoms with van der Waals surface area (Å²) in [6, 6.07) is 6.04. The minimum atomic E-state index is 0.0837. The number of ketones is 1. The first-order valence-electron chi connectivity index (χ1n) is 5.11. The minimum absolute atomic E-state index is 0.0837. The van der Waals surface area contributed by atoms with Gasteiger partial charge < -0.3 is 0 Å². The summed E-state index contributed by atoms with van der Waals surface area (Å²) in [5, 5.41) is 8.20. The molecule has 76 valence electrons. The molecule has 1 aromatic carbocycles. The third-order valence-corrected chi connectivity index (χ3v) is 2.77. The molecule has 4 heteroatoms. The number of fused-ring (bicyclic) bond motifs is 1. The van der Waals surface area contributed by atoms with Crippen molar-refractivity contribution in [1.29, 1.82) is 0 Å². The van der Waals surface area contributed by atoms with Gasteiger partial charge in [-0.25, -0.2) is 4.68 Å². The van der Waals surface area contributed by atoms with E-state index >= 15 is 0 Å². The number of hydrogen-bond donors (Lipinski definition) is 0. The number of benzene rings is 1. The third kappa shape index (κ3) is 1.33. The smallest absolute Gasteiger partial charge is 0.159 e. The second kappa shape index (κ2) is 2.89. The van der Waals surface area contributed by atoms with Crippen LogP contribution in [0.25, 0.3) is 11.0 Å². The van der Waals surface area contributed by atoms with Crippen LogP contribution in [0.1, 0.15) is 36.2 Å². The van der Waals surface area contributed by atoms with Gasteiger partial charge in [-0.1, -0.05) is 5.21 Å². The fourth-order valence-corrected chi connectivity index (χ4v) is 1.74. The molecule has 0 saturated heterocycles. The molecule has 1 aliphatic carbocycles. The standard InChI is InChI=1S/C11H11N3O/c1-7(15)8-2-5-10-11(6-8)14(13-12-10)9-3-4-9/h2,5-6,9H,3-4H2,1H3. The highest BCUT2D eigenvalue weighted by molar-refractivity contribution is 5.97. The molecule has 1 saturated carbocycles. The predicted octanol–water partition coefficient (Wildman–Crippen LogP) is 1.97. The number of Topliss-reactive ketones (excluding diaryl/α,β-unsaturated/α-hetero) is 1. The Morgan fingerprint density at radius 3 is 2.93 bits per heavy atom. The number of nitrogens with zero attached hydrogens (tertiary/aromatic N) is 3. The van der Waals surface area contributed by atoms with Gasteiger partial charge in [-0.3, -0.25) is 4.79 Å². The SMILES string of the molecule is CC(=O)c1ccc2nnn(C3CC3)c2c1. The summed E-state index contributed by atoms with van der Waals surface area (Å²) in [6.07, 6.45) is 2.34. The van der Waals surface area contributed by atoms with Crippen LogP contribution in [-0.2, 0) is 0 Å². The van der Waals surface area contributed by atoms with Crippen molar-refractivity contribution in [3.05, 3.63) is 23.8 Å². The molecule has 0 radical (unpaired) electrons. The zero-order chi connectivity index (χ0) is 10.4. The van der Waals surface area contributed by atoms with Crippen molar-refractivity contribution in [2.75, 3.05) is 0 Å². The van der Waals surface area contributed by atoms with Crippen molar-refractivity contribution >= 4 is 16.8 Å². The lowest BCUT2D eigenvalue weighted by Gasteiger charge is -1.99. The average Bonchev–Trinajstić information content (AvgIpc) is 2.98. The Bertz CT molecular complexity index is 540. The van der Waals surface area contributed by atoms with E-state index < -0.39 is 0 Å². The monoisotopic (exact) mass is 201 g/mol. The highest BCUT2D eigenvalue weighted by atomic mass is 16.1. The molecule has 0 unspecified atom stereocenters. The van der Waals surface area contributed by atoms with Gasteiger partial charge in [-0.15, -0.1) is 5.10 Å². The Morgan fingerprint density at radius 1 is 1.47 bits per heavy atom. The van der Waals surface area contributed by atoms with Crippen LogP contribution in [0.5, 0.6) is 0 Å². The predicted molar refractivity (Wildman–Crippen MR) is 55.8 cm³/mol. The second-order valence-electron chi connectivity index (χ2n) is 4.02. The molecule has 0 bridgehead atoms. The molecule has 0 spiro atoms. The number of carbonyl (C=O) groups excluding carboxylic acids is 1. The van der Waals surface area contributed by atoms with Gasteiger partial charge in [0.25, 0.3) is 0 Å². The number of rotatable bonds is 2. The Kier molecular flexibility index (Phi) is 1.65. The Hall–Kier alpha value is -1.71. The summed E-state index contributed by atoms with van der Waals surface area (Å²) in [6.45, 7) is 1.58. The molecule has 1 fully saturated rings. The van der Waals surface area contributed by atoms with E-state index in [4.69, 9.17) is 0 Å². The van der Waals surface area contributed by atoms with Crippen LogP contribution in [0.2, 0.25) is 0 Å². The van der Waals surface area contributed by atoms with Crippen LogP contribution < -0.4 is 0 Å². The van der Waals surface area contributed by atoms with Gasteiger partial charge in [0.05, 0.1) is 11.6 Å². The van der Waals surface area contributed by atoms with Crippen LogP contribution in [-0.4, -0.2) is 20.8 Å². The van der Waals surface area contributed by atoms with E-state index in [9.17, 15) is 4.79 Å². The lowest BCUT2D eigenvalue weighted by Crippen LogP contribution is -1.97. The van der Waals surface area contributed by atoms with Crippen LogP contribution in [0, 0.1) is 0 Å². The van der Waals surface area contributed by atoms with Gasteiger partial charge >= 0.3 is 0 Å². The largest absolute Gasteiger partial charge is 0.295 e. The Labute approximate surface area is 86.9 Å². The molecule has 3 rings (SSSR count). The van der Waals surface area contributed by atoms with Crippen molar-refractivity contribution in [2.24, 2.45) is 0 Å². The second-order valence-corrected chi connectivity index (χ2v) is 4.02. The van der Waals surface area contributed by atoms with Crippen LogP contribution in [0.15, 0.2) is 18.2 Å². The molecule has 0 amide bonds. The normalized spacial score (nSPS) is 15.8. The Morgan fingerprint density at radius 2 is 2.27 bits per heavy atom. The molecular weight excluding hydrogens is 190 g/mol. The first-order valence-corrected chi connectivity index (χ1v) is 5.11. The molecular formula is C11H11N3O. The average molecular weight is 201 g/mol. The molecule has 4 nitrogen and oxygen atoms in total. The molecule has 1 aromatic heterocycles. The maximum absolute atomic E-state index is 11.3. The summed E-state index contributed by atoms with van der Waals surface area (Å²) in [5.41, 5.74) is 2.57. The quantitative estimate of drug-likeness (QED) is 0.698. The zero-order valence-electron chi connectivity index (χ0n) is 8.47. The van der Waals surface area contributed by atoms with E-state index in [-0.39, 0.29) is 5.78 Å². The van der Waals surface area contributed by atoms with E-state index in [0.717, 1.165) is 16.6 Å². The lowest BCUT2D eigenvalue weighted by atomic mass is 10.1. The highest BCUT2D eigenvalue weighted by Crippen LogP contribution is 2.36. The van der Waals surface area contributed by atoms with E-state index in [0.29, 0.717) is 6.04 Å². The number of aromatic nitrogens is 3. The van der Waals surface area contributed by atoms with Gasteiger partial charge in [0.2, 0.25) is 0 Å². The molecule has 1 heterocycles. The van der Waals surface area contributed by atoms with Crippen molar-refractivity contribution in [3.63, 3.8) is 0 Å². The van der Waals surface area contributed by atoms with Crippen LogP contribution in [0.3, 0.4) is 0 Å². The van der Waals surface area contributed by atoms with Gasteiger partial charge in [-0.2, -0.15) is 0 Å². The van der Waals surface area contributed by atoms with Crippen LogP contribution >= 0.6 is 0 Å². The van der Waals surface area contributed by atoms with Crippen molar-refractivity contribution in [2.45, 2.75) is 25.8 Å². The number of carbonyl (C=O) groups is 1. The van der Waals surface area contributed by atoms with E-state index in [2.05, 4.69) is 10.3 Å². The van der Waals surface area contributed by atoms with Crippen molar-refractivity contribution < 1.29 is 4.79 Å². The molecule has 2 aromatic rings. The summed E-state index contributed by atoms with van der Waals surface area (Å²) in [4.78, 5) is 11.3. The van der Waals surface area contributed by atoms with E-state index in [1.165, 1.54) is 12.8 Å². The van der Waals surface area contributed by atoms with E-state index in [1.54, 1.807) is 13.0 Å².